The summed E-state index contributed by atoms with van der Waals surface area (Å²) in [5, 5.41) is 0.643. The highest BCUT2D eigenvalue weighted by Crippen LogP contribution is 2.35. The lowest BCUT2D eigenvalue weighted by molar-refractivity contribution is -0.0328. The van der Waals surface area contributed by atoms with E-state index in [0.717, 1.165) is 0 Å². The van der Waals surface area contributed by atoms with E-state index in [-0.39, 0.29) is 16.7 Å². The van der Waals surface area contributed by atoms with E-state index >= 15 is 0 Å². The Kier molecular flexibility index (Phi) is 2.84. The normalized spacial score (nSPS) is 11.7. The van der Waals surface area contributed by atoms with Crippen molar-refractivity contribution >= 4 is 27.2 Å². The number of hydrogen-bond donors (Lipinski definition) is 0. The number of thioether (sulfide) groups is 1. The Labute approximate surface area is 75.6 Å². The van der Waals surface area contributed by atoms with Crippen LogP contribution in [0.4, 0.5) is 13.2 Å². The average Bonchev–Trinajstić information content (AvgIpc) is 1.82. The molecule has 0 amide bonds. The molecule has 0 bridgehead atoms. The van der Waals surface area contributed by atoms with Crippen molar-refractivity contribution < 1.29 is 13.2 Å². The van der Waals surface area contributed by atoms with Crippen molar-refractivity contribution in [3.63, 3.8) is 0 Å². The van der Waals surface area contributed by atoms with Crippen LogP contribution in [0.15, 0.2) is 29.2 Å². The lowest BCUT2D eigenvalue weighted by Gasteiger charge is -2.05. The molecule has 5 heteroatoms. The van der Waals surface area contributed by atoms with E-state index in [1.165, 1.54) is 12.1 Å². The van der Waals surface area contributed by atoms with Crippen LogP contribution >= 0.6 is 11.8 Å². The molecule has 0 nitrogen and oxygen atoms in total. The van der Waals surface area contributed by atoms with E-state index in [0.29, 0.717) is 5.19 Å². The monoisotopic (exact) mass is 205 g/mol. The number of halogens is 3. The van der Waals surface area contributed by atoms with E-state index < -0.39 is 5.51 Å². The molecule has 0 heterocycles. The predicted molar refractivity (Wildman–Crippen MR) is 43.7 cm³/mol. The van der Waals surface area contributed by atoms with Crippen LogP contribution in [0.1, 0.15) is 0 Å². The molecule has 0 unspecified atom stereocenters. The summed E-state index contributed by atoms with van der Waals surface area (Å²) >= 11 is -0.116. The summed E-state index contributed by atoms with van der Waals surface area (Å²) in [5.74, 6) is 0. The van der Waals surface area contributed by atoms with Gasteiger partial charge in [-0.15, -0.1) is 0 Å². The first kappa shape index (κ1) is 9.66. The molecule has 1 rings (SSSR count). The molecule has 0 aliphatic carbocycles. The summed E-state index contributed by atoms with van der Waals surface area (Å²) in [5.41, 5.74) is -4.21. The summed E-state index contributed by atoms with van der Waals surface area (Å²) in [4.78, 5) is 0.190. The fourth-order valence-corrected chi connectivity index (χ4v) is 1.65. The molecule has 1 aromatic rings. The maximum absolute atomic E-state index is 11.8. The summed E-state index contributed by atoms with van der Waals surface area (Å²) in [6.45, 7) is 0. The molecule has 12 heavy (non-hydrogen) atoms. The molecule has 0 saturated heterocycles. The van der Waals surface area contributed by atoms with Gasteiger partial charge in [-0.05, 0) is 23.9 Å². The molecular formula is C7H4F3SSi. The van der Waals surface area contributed by atoms with E-state index in [1.54, 1.807) is 12.1 Å². The van der Waals surface area contributed by atoms with Crippen molar-refractivity contribution in [2.24, 2.45) is 0 Å². The number of alkyl halides is 3. The molecule has 3 radical (unpaired) electrons. The molecule has 0 aliphatic rings. The zero-order valence-electron chi connectivity index (χ0n) is 5.85. The smallest absolute Gasteiger partial charge is 0.160 e. The minimum absolute atomic E-state index is 0.116. The van der Waals surface area contributed by atoms with Gasteiger partial charge in [0.15, 0.2) is 0 Å². The summed E-state index contributed by atoms with van der Waals surface area (Å²) in [7, 11) is 3.14. The van der Waals surface area contributed by atoms with E-state index in [4.69, 9.17) is 0 Å². The quantitative estimate of drug-likeness (QED) is 0.499. The molecule has 63 valence electrons. The van der Waals surface area contributed by atoms with Gasteiger partial charge in [-0.3, -0.25) is 0 Å². The molecule has 0 aliphatic heterocycles. The SMILES string of the molecule is FC(F)(F)Sc1cccc([Si])c1. The van der Waals surface area contributed by atoms with Crippen molar-refractivity contribution in [2.45, 2.75) is 10.4 Å². The zero-order valence-corrected chi connectivity index (χ0v) is 7.67. The highest BCUT2D eigenvalue weighted by Gasteiger charge is 2.28. The van der Waals surface area contributed by atoms with Crippen molar-refractivity contribution in [2.75, 3.05) is 0 Å². The van der Waals surface area contributed by atoms with Crippen LogP contribution in [0, 0.1) is 0 Å². The topological polar surface area (TPSA) is 0 Å². The van der Waals surface area contributed by atoms with Crippen molar-refractivity contribution in [1.82, 2.24) is 0 Å². The van der Waals surface area contributed by atoms with Crippen molar-refractivity contribution in [1.29, 1.82) is 0 Å². The third-order valence-corrected chi connectivity index (χ3v) is 2.10. The van der Waals surface area contributed by atoms with Gasteiger partial charge in [0.05, 0.1) is 10.2 Å². The second-order valence-electron chi connectivity index (χ2n) is 2.08. The predicted octanol–water partition coefficient (Wildman–Crippen LogP) is 2.09. The molecule has 0 atom stereocenters. The molecule has 0 fully saturated rings. The molecule has 0 aromatic heterocycles. The van der Waals surface area contributed by atoms with Gasteiger partial charge in [-0.25, -0.2) is 0 Å². The Bertz CT molecular complexity index is 272. The summed E-state index contributed by atoms with van der Waals surface area (Å²) < 4.78 is 35.5. The van der Waals surface area contributed by atoms with Crippen LogP contribution in [0.3, 0.4) is 0 Å². The van der Waals surface area contributed by atoms with Crippen LogP contribution in [0.25, 0.3) is 0 Å². The largest absolute Gasteiger partial charge is 0.446 e. The maximum Gasteiger partial charge on any atom is 0.446 e. The first-order chi connectivity index (χ1) is 5.47. The highest BCUT2D eigenvalue weighted by molar-refractivity contribution is 8.00. The lowest BCUT2D eigenvalue weighted by atomic mass is 10.4. The van der Waals surface area contributed by atoms with Crippen LogP contribution in [-0.4, -0.2) is 15.8 Å². The van der Waals surface area contributed by atoms with Crippen LogP contribution in [0.2, 0.25) is 0 Å². The van der Waals surface area contributed by atoms with Crippen LogP contribution < -0.4 is 5.19 Å². The van der Waals surface area contributed by atoms with E-state index in [9.17, 15) is 13.2 Å². The van der Waals surface area contributed by atoms with Gasteiger partial charge in [0.2, 0.25) is 0 Å². The van der Waals surface area contributed by atoms with Gasteiger partial charge < -0.3 is 0 Å². The molecule has 1 aromatic carbocycles. The van der Waals surface area contributed by atoms with Gasteiger partial charge in [-0.1, -0.05) is 17.3 Å². The summed E-state index contributed by atoms with van der Waals surface area (Å²) in [6, 6.07) is 6.09. The third-order valence-electron chi connectivity index (χ3n) is 1.07. The fourth-order valence-electron chi connectivity index (χ4n) is 0.693. The fraction of sp³-hybridized carbons (Fsp3) is 0.143. The van der Waals surface area contributed by atoms with Gasteiger partial charge in [0.25, 0.3) is 0 Å². The van der Waals surface area contributed by atoms with Gasteiger partial charge in [0, 0.05) is 4.90 Å². The van der Waals surface area contributed by atoms with Crippen LogP contribution in [0.5, 0.6) is 0 Å². The Balaban J connectivity index is 2.77. The minimum atomic E-state index is -4.21. The average molecular weight is 205 g/mol. The van der Waals surface area contributed by atoms with E-state index in [2.05, 4.69) is 10.2 Å². The van der Waals surface area contributed by atoms with Crippen molar-refractivity contribution in [3.8, 4) is 0 Å². The molecule has 0 N–H and O–H groups in total. The second-order valence-corrected chi connectivity index (χ2v) is 3.79. The van der Waals surface area contributed by atoms with Gasteiger partial charge >= 0.3 is 5.51 Å². The van der Waals surface area contributed by atoms with Crippen LogP contribution in [-0.2, 0) is 0 Å². The lowest BCUT2D eigenvalue weighted by Crippen LogP contribution is -2.03. The van der Waals surface area contributed by atoms with E-state index in [1.807, 2.05) is 0 Å². The molecular weight excluding hydrogens is 201 g/mol. The molecule has 0 saturated carbocycles. The Hall–Kier alpha value is -0.423. The number of benzene rings is 1. The first-order valence-corrected chi connectivity index (χ1v) is 4.36. The minimum Gasteiger partial charge on any atom is -0.160 e. The van der Waals surface area contributed by atoms with Gasteiger partial charge in [0.1, 0.15) is 0 Å². The highest BCUT2D eigenvalue weighted by atomic mass is 32.2. The third kappa shape index (κ3) is 3.32. The summed E-state index contributed by atoms with van der Waals surface area (Å²) in [6.07, 6.45) is 0. The number of rotatable bonds is 1. The Morgan fingerprint density at radius 3 is 2.42 bits per heavy atom. The van der Waals surface area contributed by atoms with Crippen molar-refractivity contribution in [3.05, 3.63) is 24.3 Å². The Morgan fingerprint density at radius 1 is 1.25 bits per heavy atom. The second kappa shape index (κ2) is 3.53. The number of hydrogen-bond acceptors (Lipinski definition) is 1. The molecule has 0 spiro atoms. The Morgan fingerprint density at radius 2 is 1.92 bits per heavy atom. The standard InChI is InChI=1S/C7H4F3SSi/c8-7(9,10)11-5-2-1-3-6(12)4-5/h1-4H. The zero-order chi connectivity index (χ0) is 9.19. The maximum atomic E-state index is 11.8. The van der Waals surface area contributed by atoms with Gasteiger partial charge in [-0.2, -0.15) is 13.2 Å². The first-order valence-electron chi connectivity index (χ1n) is 3.05.